The van der Waals surface area contributed by atoms with E-state index in [1.165, 1.54) is 6.92 Å². The van der Waals surface area contributed by atoms with E-state index in [4.69, 9.17) is 101 Å². The molecule has 21 nitrogen and oxygen atoms in total. The molecule has 4 atom stereocenters. The van der Waals surface area contributed by atoms with Crippen LogP contribution >= 0.6 is 0 Å². The first-order valence-electron chi connectivity index (χ1n) is 17.4. The molecule has 0 saturated heterocycles. The van der Waals surface area contributed by atoms with Crippen LogP contribution in [0.15, 0.2) is 0 Å². The summed E-state index contributed by atoms with van der Waals surface area (Å²) in [6.07, 6.45) is -2.00. The number of hydrogen-bond acceptors (Lipinski definition) is 21. The maximum absolute atomic E-state index is 8.69. The Bertz CT molecular complexity index is 514. The van der Waals surface area contributed by atoms with Crippen LogP contribution in [-0.2, 0) is 18.9 Å². The van der Waals surface area contributed by atoms with Crippen LogP contribution in [0.4, 0.5) is 0 Å². The molecule has 0 heterocycles. The normalized spacial score (nSPS) is 12.2. The van der Waals surface area contributed by atoms with Crippen LogP contribution in [-0.4, -0.2) is 249 Å². The fourth-order valence-corrected chi connectivity index (χ4v) is 1.28. The third-order valence-electron chi connectivity index (χ3n) is 4.52. The smallest absolute Gasteiger partial charge is 0.100 e. The highest BCUT2D eigenvalue weighted by Gasteiger charge is 2.13. The highest BCUT2D eigenvalue weighted by atomic mass is 16.5. The van der Waals surface area contributed by atoms with Gasteiger partial charge in [-0.1, -0.05) is 20.8 Å². The van der Waals surface area contributed by atoms with E-state index in [2.05, 4.69) is 4.74 Å². The summed E-state index contributed by atoms with van der Waals surface area (Å²) in [4.78, 5) is 0. The van der Waals surface area contributed by atoms with E-state index in [9.17, 15) is 0 Å². The zero-order valence-corrected chi connectivity index (χ0v) is 33.5. The van der Waals surface area contributed by atoms with Gasteiger partial charge in [-0.2, -0.15) is 0 Å². The van der Waals surface area contributed by atoms with E-state index in [1.54, 1.807) is 27.7 Å². The van der Waals surface area contributed by atoms with Crippen molar-refractivity contribution >= 4 is 0 Å². The molecule has 0 radical (unpaired) electrons. The van der Waals surface area contributed by atoms with Gasteiger partial charge in [0.05, 0.1) is 157 Å². The number of hydrogen-bond donors (Lipinski definition) is 17. The van der Waals surface area contributed by atoms with E-state index in [-0.39, 0.29) is 97.4 Å². The predicted molar refractivity (Wildman–Crippen MR) is 199 cm³/mol. The van der Waals surface area contributed by atoms with Gasteiger partial charge in [-0.25, -0.2) is 0 Å². The van der Waals surface area contributed by atoms with E-state index in [1.807, 2.05) is 6.92 Å². The van der Waals surface area contributed by atoms with Gasteiger partial charge in [0.1, 0.15) is 6.10 Å². The molecule has 0 rings (SSSR count). The Balaban J connectivity index is -0.0000000757. The molecular formula is C33H82O21. The molecule has 0 amide bonds. The quantitative estimate of drug-likeness (QED) is 0.0427. The monoisotopic (exact) mass is 815 g/mol. The first kappa shape index (κ1) is 70.9. The number of rotatable bonds is 23. The Morgan fingerprint density at radius 1 is 0.426 bits per heavy atom. The Hall–Kier alpha value is -0.840. The van der Waals surface area contributed by atoms with Crippen molar-refractivity contribution in [3.05, 3.63) is 0 Å². The minimum absolute atomic E-state index is 0.00667. The van der Waals surface area contributed by atoms with Gasteiger partial charge in [-0.05, 0) is 27.2 Å². The first-order valence-corrected chi connectivity index (χ1v) is 17.4. The fourth-order valence-electron chi connectivity index (χ4n) is 1.28. The summed E-state index contributed by atoms with van der Waals surface area (Å²) in [7, 11) is 0. The van der Waals surface area contributed by atoms with Gasteiger partial charge < -0.3 is 106 Å². The van der Waals surface area contributed by atoms with Crippen molar-refractivity contribution in [1.29, 1.82) is 0 Å². The maximum Gasteiger partial charge on any atom is 0.100 e. The van der Waals surface area contributed by atoms with Gasteiger partial charge in [0.25, 0.3) is 0 Å². The number of aliphatic hydroxyl groups excluding tert-OH is 17. The molecule has 0 aromatic carbocycles. The number of aliphatic hydroxyl groups is 17. The van der Waals surface area contributed by atoms with Crippen LogP contribution in [0, 0.1) is 5.41 Å². The standard InChI is InChI=1S/C6H14O4.C6H14O3.C5H12O2.C4H10O3.C4H10O2.C3H8O3.C3H8O2.C2H6O2/c7-1-3-9-5-6-10-4-2-8;1-5(8)4-9-6(2)3-7;1-5(2,3-6)4-7;5-1-3-7-4-2-6;1-2-4(6)3-5;4-1-3(6)2-5;1-3(5)2-4;3-1-2-4/h7-8H,1-6H2;5-8H,3-4H2,1-2H3;6-7H,3-4H2,1-2H3;5-6H,1-4H2;4-6H,2-3H2,1H3;3-6H,1-2H2;3-5H,2H2,1H3;3-4H,1-2H2. The van der Waals surface area contributed by atoms with Crippen molar-refractivity contribution in [2.75, 3.05) is 132 Å². The maximum atomic E-state index is 8.69. The topological polar surface area (TPSA) is 381 Å². The van der Waals surface area contributed by atoms with E-state index in [0.29, 0.717) is 52.7 Å². The van der Waals surface area contributed by atoms with Crippen molar-refractivity contribution in [3.63, 3.8) is 0 Å². The lowest BCUT2D eigenvalue weighted by molar-refractivity contribution is -0.0177. The molecule has 0 fully saturated rings. The van der Waals surface area contributed by atoms with Crippen LogP contribution in [0.2, 0.25) is 0 Å². The predicted octanol–water partition coefficient (Wildman–Crippen LogP) is -5.83. The van der Waals surface area contributed by atoms with Gasteiger partial charge in [-0.3, -0.25) is 0 Å². The van der Waals surface area contributed by atoms with Crippen molar-refractivity contribution in [2.24, 2.45) is 5.41 Å². The van der Waals surface area contributed by atoms with Crippen molar-refractivity contribution in [2.45, 2.75) is 78.5 Å². The summed E-state index contributed by atoms with van der Waals surface area (Å²) in [5.74, 6) is 0. The van der Waals surface area contributed by atoms with Crippen LogP contribution in [0.1, 0.15) is 48.0 Å². The molecule has 0 aliphatic carbocycles. The third kappa shape index (κ3) is 110. The van der Waals surface area contributed by atoms with Crippen molar-refractivity contribution in [1.82, 2.24) is 0 Å². The lowest BCUT2D eigenvalue weighted by Crippen LogP contribution is -2.20. The second kappa shape index (κ2) is 66.9. The molecule has 0 aliphatic rings. The largest absolute Gasteiger partial charge is 0.396 e. The van der Waals surface area contributed by atoms with Crippen molar-refractivity contribution in [3.8, 4) is 0 Å². The van der Waals surface area contributed by atoms with Gasteiger partial charge in [0.15, 0.2) is 0 Å². The molecule has 54 heavy (non-hydrogen) atoms. The Morgan fingerprint density at radius 2 is 0.741 bits per heavy atom. The summed E-state index contributed by atoms with van der Waals surface area (Å²) in [6.45, 7) is 11.9. The highest BCUT2D eigenvalue weighted by Crippen LogP contribution is 2.10. The molecule has 0 aromatic rings. The molecule has 340 valence electrons. The second-order valence-electron chi connectivity index (χ2n) is 11.1. The summed E-state index contributed by atoms with van der Waals surface area (Å²) in [5, 5.41) is 138. The molecule has 0 aliphatic heterocycles. The Morgan fingerprint density at radius 3 is 0.870 bits per heavy atom. The van der Waals surface area contributed by atoms with Crippen molar-refractivity contribution < 1.29 is 106 Å². The van der Waals surface area contributed by atoms with Crippen LogP contribution < -0.4 is 0 Å². The molecular weight excluding hydrogens is 732 g/mol. The summed E-state index contributed by atoms with van der Waals surface area (Å²) >= 11 is 0. The minimum atomic E-state index is -0.954. The molecule has 0 saturated carbocycles. The average Bonchev–Trinajstić information content (AvgIpc) is 3.19. The molecule has 17 N–H and O–H groups in total. The fraction of sp³-hybridized carbons (Fsp3) is 1.00. The van der Waals surface area contributed by atoms with E-state index < -0.39 is 24.4 Å². The molecule has 21 heteroatoms. The first-order chi connectivity index (χ1) is 25.4. The highest BCUT2D eigenvalue weighted by molar-refractivity contribution is 4.63. The molecule has 0 spiro atoms. The zero-order valence-electron chi connectivity index (χ0n) is 33.5. The molecule has 4 unspecified atom stereocenters. The van der Waals surface area contributed by atoms with Gasteiger partial charge >= 0.3 is 0 Å². The second-order valence-corrected chi connectivity index (χ2v) is 11.1. The summed E-state index contributed by atoms with van der Waals surface area (Å²) in [6, 6.07) is 0. The molecule has 0 aromatic heterocycles. The zero-order chi connectivity index (χ0) is 44.1. The molecule has 0 bridgehead atoms. The SMILES string of the molecule is CC(C)(CO)CO.CC(O)CO.CC(O)COC(C)CO.CCC(O)CO.OCC(O)CO.OCCO.OCCOCCO.OCCOCCOCCO. The lowest BCUT2D eigenvalue weighted by atomic mass is 9.97. The third-order valence-corrected chi connectivity index (χ3v) is 4.52. The average molecular weight is 815 g/mol. The Labute approximate surface area is 321 Å². The summed E-state index contributed by atoms with van der Waals surface area (Å²) in [5.41, 5.74) is -0.306. The summed E-state index contributed by atoms with van der Waals surface area (Å²) < 4.78 is 19.3. The van der Waals surface area contributed by atoms with Crippen LogP contribution in [0.3, 0.4) is 0 Å². The van der Waals surface area contributed by atoms with Gasteiger partial charge in [0.2, 0.25) is 0 Å². The Kier molecular flexibility index (Phi) is 87.9. The lowest BCUT2D eigenvalue weighted by Gasteiger charge is -2.16. The minimum Gasteiger partial charge on any atom is -0.396 e. The van der Waals surface area contributed by atoms with Gasteiger partial charge in [-0.15, -0.1) is 0 Å². The number of ether oxygens (including phenoxy) is 4. The van der Waals surface area contributed by atoms with E-state index >= 15 is 0 Å². The van der Waals surface area contributed by atoms with Gasteiger partial charge in [0, 0.05) is 5.41 Å². The van der Waals surface area contributed by atoms with Crippen LogP contribution in [0.25, 0.3) is 0 Å². The van der Waals surface area contributed by atoms with E-state index in [0.717, 1.165) is 0 Å². The van der Waals surface area contributed by atoms with Crippen LogP contribution in [0.5, 0.6) is 0 Å².